The zero-order chi connectivity index (χ0) is 14.3. The molecule has 0 atom stereocenters. The molecule has 0 saturated carbocycles. The van der Waals surface area contributed by atoms with Crippen molar-refractivity contribution in [1.82, 2.24) is 9.55 Å². The standard InChI is InChI=1S/C13H22N2O3/c1-8-9(16)14-11(18)15(10(8)17)13(5,6)7-12(2,3)4/h17H,7H2,1-6H3,(H,14,16,18). The van der Waals surface area contributed by atoms with Crippen molar-refractivity contribution in [3.63, 3.8) is 0 Å². The van der Waals surface area contributed by atoms with E-state index in [-0.39, 0.29) is 16.9 Å². The molecule has 5 nitrogen and oxygen atoms in total. The van der Waals surface area contributed by atoms with E-state index >= 15 is 0 Å². The Morgan fingerprint density at radius 2 is 1.67 bits per heavy atom. The highest BCUT2D eigenvalue weighted by atomic mass is 16.3. The number of nitrogens with zero attached hydrogens (tertiary/aromatic N) is 1. The quantitative estimate of drug-likeness (QED) is 0.843. The van der Waals surface area contributed by atoms with Crippen LogP contribution in [0.2, 0.25) is 0 Å². The predicted octanol–water partition coefficient (Wildman–Crippen LogP) is 1.72. The average molecular weight is 254 g/mol. The molecule has 0 aromatic carbocycles. The smallest absolute Gasteiger partial charge is 0.331 e. The Morgan fingerprint density at radius 3 is 2.11 bits per heavy atom. The number of rotatable bonds is 2. The summed E-state index contributed by atoms with van der Waals surface area (Å²) < 4.78 is 1.26. The van der Waals surface area contributed by atoms with E-state index in [0.717, 1.165) is 0 Å². The first-order chi connectivity index (χ1) is 7.96. The lowest BCUT2D eigenvalue weighted by Crippen LogP contribution is -2.43. The zero-order valence-corrected chi connectivity index (χ0v) is 11.9. The fourth-order valence-corrected chi connectivity index (χ4v) is 2.55. The molecule has 0 radical (unpaired) electrons. The molecule has 1 aromatic rings. The molecule has 2 N–H and O–H groups in total. The lowest BCUT2D eigenvalue weighted by molar-refractivity contribution is 0.189. The molecule has 0 spiro atoms. The molecular formula is C13H22N2O3. The van der Waals surface area contributed by atoms with Crippen LogP contribution < -0.4 is 11.2 Å². The van der Waals surface area contributed by atoms with Crippen LogP contribution in [0.25, 0.3) is 0 Å². The summed E-state index contributed by atoms with van der Waals surface area (Å²) in [6, 6.07) is 0. The Bertz CT molecular complexity index is 559. The van der Waals surface area contributed by atoms with Crippen molar-refractivity contribution in [3.8, 4) is 5.88 Å². The summed E-state index contributed by atoms with van der Waals surface area (Å²) in [5, 5.41) is 10.0. The van der Waals surface area contributed by atoms with Crippen LogP contribution in [0, 0.1) is 12.3 Å². The topological polar surface area (TPSA) is 75.1 Å². The van der Waals surface area contributed by atoms with Crippen molar-refractivity contribution < 1.29 is 5.11 Å². The summed E-state index contributed by atoms with van der Waals surface area (Å²) in [5.41, 5.74) is -1.53. The van der Waals surface area contributed by atoms with Gasteiger partial charge in [-0.3, -0.25) is 14.3 Å². The first kappa shape index (κ1) is 14.5. The van der Waals surface area contributed by atoms with Gasteiger partial charge >= 0.3 is 5.69 Å². The van der Waals surface area contributed by atoms with E-state index in [2.05, 4.69) is 25.8 Å². The van der Waals surface area contributed by atoms with Gasteiger partial charge in [0.25, 0.3) is 5.56 Å². The first-order valence-electron chi connectivity index (χ1n) is 6.01. The summed E-state index contributed by atoms with van der Waals surface area (Å²) in [4.78, 5) is 25.5. The SMILES string of the molecule is Cc1c(O)n(C(C)(C)CC(C)(C)C)c(=O)[nH]c1=O. The Labute approximate surface area is 106 Å². The number of hydrogen-bond donors (Lipinski definition) is 2. The molecule has 1 heterocycles. The van der Waals surface area contributed by atoms with Crippen molar-refractivity contribution in [1.29, 1.82) is 0 Å². The molecule has 0 aliphatic heterocycles. The van der Waals surface area contributed by atoms with Gasteiger partial charge in [-0.15, -0.1) is 0 Å². The lowest BCUT2D eigenvalue weighted by Gasteiger charge is -2.34. The normalized spacial score (nSPS) is 12.8. The van der Waals surface area contributed by atoms with E-state index in [1.54, 1.807) is 0 Å². The molecule has 0 aliphatic rings. The maximum absolute atomic E-state index is 11.9. The minimum atomic E-state index is -0.575. The van der Waals surface area contributed by atoms with Crippen molar-refractivity contribution >= 4 is 0 Å². The molecule has 0 saturated heterocycles. The van der Waals surface area contributed by atoms with Crippen LogP contribution >= 0.6 is 0 Å². The van der Waals surface area contributed by atoms with Crippen LogP contribution in [0.1, 0.15) is 46.6 Å². The fourth-order valence-electron chi connectivity index (χ4n) is 2.55. The average Bonchev–Trinajstić information content (AvgIpc) is 2.09. The van der Waals surface area contributed by atoms with E-state index in [4.69, 9.17) is 0 Å². The Hall–Kier alpha value is -1.52. The van der Waals surface area contributed by atoms with Crippen molar-refractivity contribution in [2.45, 2.75) is 53.5 Å². The third-order valence-corrected chi connectivity index (χ3v) is 2.88. The second-order valence-corrected chi connectivity index (χ2v) is 6.59. The number of H-pyrrole nitrogens is 1. The molecule has 0 unspecified atom stereocenters. The highest BCUT2D eigenvalue weighted by Crippen LogP contribution is 2.33. The molecule has 1 rings (SSSR count). The number of hydrogen-bond acceptors (Lipinski definition) is 3. The molecule has 102 valence electrons. The van der Waals surface area contributed by atoms with Gasteiger partial charge in [0.1, 0.15) is 0 Å². The van der Waals surface area contributed by atoms with Gasteiger partial charge in [-0.1, -0.05) is 20.8 Å². The third kappa shape index (κ3) is 2.83. The summed E-state index contributed by atoms with van der Waals surface area (Å²) in [5.74, 6) is -0.252. The highest BCUT2D eigenvalue weighted by Gasteiger charge is 2.31. The zero-order valence-electron chi connectivity index (χ0n) is 11.9. The maximum Gasteiger partial charge on any atom is 0.331 e. The second kappa shape index (κ2) is 4.30. The second-order valence-electron chi connectivity index (χ2n) is 6.59. The fraction of sp³-hybridized carbons (Fsp3) is 0.692. The molecule has 0 amide bonds. The van der Waals surface area contributed by atoms with Gasteiger partial charge in [-0.25, -0.2) is 4.79 Å². The van der Waals surface area contributed by atoms with Crippen LogP contribution in [0.5, 0.6) is 5.88 Å². The molecule has 1 aromatic heterocycles. The van der Waals surface area contributed by atoms with Gasteiger partial charge < -0.3 is 5.11 Å². The van der Waals surface area contributed by atoms with Gasteiger partial charge in [-0.05, 0) is 32.6 Å². The van der Waals surface area contributed by atoms with Crippen molar-refractivity contribution in [2.75, 3.05) is 0 Å². The summed E-state index contributed by atoms with van der Waals surface area (Å²) in [6.45, 7) is 11.4. The number of aromatic hydroxyl groups is 1. The van der Waals surface area contributed by atoms with Crippen LogP contribution in [-0.4, -0.2) is 14.7 Å². The van der Waals surface area contributed by atoms with Crippen LogP contribution in [0.15, 0.2) is 9.59 Å². The monoisotopic (exact) mass is 254 g/mol. The molecule has 0 aliphatic carbocycles. The van der Waals surface area contributed by atoms with Crippen LogP contribution in [0.3, 0.4) is 0 Å². The van der Waals surface area contributed by atoms with Gasteiger partial charge in [0.15, 0.2) is 0 Å². The van der Waals surface area contributed by atoms with Crippen molar-refractivity contribution in [2.24, 2.45) is 5.41 Å². The van der Waals surface area contributed by atoms with Crippen LogP contribution in [0.4, 0.5) is 0 Å². The van der Waals surface area contributed by atoms with Gasteiger partial charge in [0, 0.05) is 5.54 Å². The van der Waals surface area contributed by atoms with Gasteiger partial charge in [0.2, 0.25) is 5.88 Å². The predicted molar refractivity (Wildman–Crippen MR) is 71.1 cm³/mol. The van der Waals surface area contributed by atoms with Crippen molar-refractivity contribution in [3.05, 3.63) is 26.4 Å². The molecule has 5 heteroatoms. The van der Waals surface area contributed by atoms with E-state index < -0.39 is 16.8 Å². The van der Waals surface area contributed by atoms with Crippen LogP contribution in [-0.2, 0) is 5.54 Å². The minimum absolute atomic E-state index is 0.000575. The van der Waals surface area contributed by atoms with E-state index in [9.17, 15) is 14.7 Å². The Kier molecular flexibility index (Phi) is 3.47. The maximum atomic E-state index is 11.9. The number of nitrogens with one attached hydrogen (secondary N) is 1. The van der Waals surface area contributed by atoms with E-state index in [0.29, 0.717) is 6.42 Å². The Morgan fingerprint density at radius 1 is 1.17 bits per heavy atom. The Balaban J connectivity index is 3.47. The van der Waals surface area contributed by atoms with Gasteiger partial charge in [-0.2, -0.15) is 0 Å². The molecule has 18 heavy (non-hydrogen) atoms. The summed E-state index contributed by atoms with van der Waals surface area (Å²) >= 11 is 0. The molecular weight excluding hydrogens is 232 g/mol. The minimum Gasteiger partial charge on any atom is -0.494 e. The van der Waals surface area contributed by atoms with E-state index in [1.165, 1.54) is 11.5 Å². The molecule has 0 fully saturated rings. The lowest BCUT2D eigenvalue weighted by atomic mass is 9.81. The highest BCUT2D eigenvalue weighted by molar-refractivity contribution is 5.22. The first-order valence-corrected chi connectivity index (χ1v) is 6.01. The van der Waals surface area contributed by atoms with E-state index in [1.807, 2.05) is 13.8 Å². The number of aromatic nitrogens is 2. The summed E-state index contributed by atoms with van der Waals surface area (Å²) in [6.07, 6.45) is 0.693. The molecule has 0 bridgehead atoms. The largest absolute Gasteiger partial charge is 0.494 e. The van der Waals surface area contributed by atoms with Gasteiger partial charge in [0.05, 0.1) is 5.56 Å². The number of aromatic amines is 1. The summed E-state index contributed by atoms with van der Waals surface area (Å²) in [7, 11) is 0. The third-order valence-electron chi connectivity index (χ3n) is 2.88.